The number of fused-ring (bicyclic) bond motifs is 1. The van der Waals surface area contributed by atoms with E-state index >= 15 is 0 Å². The number of ketones is 1. The number of ether oxygens (including phenoxy) is 3. The summed E-state index contributed by atoms with van der Waals surface area (Å²) < 4.78 is 16.7. The van der Waals surface area contributed by atoms with Crippen LogP contribution in [0.15, 0.2) is 42.2 Å². The van der Waals surface area contributed by atoms with Crippen molar-refractivity contribution in [3.05, 3.63) is 58.8 Å². The monoisotopic (exact) mass is 409 g/mol. The van der Waals surface area contributed by atoms with Gasteiger partial charge in [0.05, 0.1) is 5.56 Å². The lowest BCUT2D eigenvalue weighted by atomic mass is 10.1. The fourth-order valence-electron chi connectivity index (χ4n) is 3.05. The van der Waals surface area contributed by atoms with Crippen molar-refractivity contribution in [3.63, 3.8) is 0 Å². The van der Waals surface area contributed by atoms with Crippen LogP contribution < -0.4 is 14.4 Å². The summed E-state index contributed by atoms with van der Waals surface area (Å²) in [5.41, 5.74) is 2.51. The zero-order valence-electron chi connectivity index (χ0n) is 18.2. The number of allylic oxidation sites excluding steroid dienone is 1. The van der Waals surface area contributed by atoms with E-state index in [-0.39, 0.29) is 18.1 Å². The highest BCUT2D eigenvalue weighted by molar-refractivity contribution is 6.15. The first kappa shape index (κ1) is 21.4. The predicted octanol–water partition coefficient (Wildman–Crippen LogP) is 4.40. The molecule has 1 aliphatic rings. The summed E-state index contributed by atoms with van der Waals surface area (Å²) in [4.78, 5) is 26.7. The molecule has 0 fully saturated rings. The van der Waals surface area contributed by atoms with E-state index in [0.717, 1.165) is 11.3 Å². The Morgan fingerprint density at radius 2 is 1.77 bits per heavy atom. The Morgan fingerprint density at radius 3 is 2.37 bits per heavy atom. The normalized spacial score (nSPS) is 14.3. The van der Waals surface area contributed by atoms with Gasteiger partial charge in [-0.15, -0.1) is 0 Å². The van der Waals surface area contributed by atoms with Crippen molar-refractivity contribution >= 4 is 23.5 Å². The van der Waals surface area contributed by atoms with Gasteiger partial charge in [0.15, 0.2) is 12.4 Å². The zero-order valence-corrected chi connectivity index (χ0v) is 18.2. The van der Waals surface area contributed by atoms with Crippen molar-refractivity contribution in [2.75, 3.05) is 25.6 Å². The highest BCUT2D eigenvalue weighted by Crippen LogP contribution is 2.39. The Kier molecular flexibility index (Phi) is 5.87. The molecule has 0 saturated heterocycles. The molecule has 0 radical (unpaired) electrons. The number of benzene rings is 2. The fourth-order valence-corrected chi connectivity index (χ4v) is 3.05. The van der Waals surface area contributed by atoms with Crippen LogP contribution in [-0.4, -0.2) is 38.1 Å². The smallest absolute Gasteiger partial charge is 0.344 e. The van der Waals surface area contributed by atoms with Crippen molar-refractivity contribution in [1.82, 2.24) is 0 Å². The molecule has 0 bridgehead atoms. The zero-order chi connectivity index (χ0) is 22.1. The summed E-state index contributed by atoms with van der Waals surface area (Å²) in [6.45, 7) is 6.98. The van der Waals surface area contributed by atoms with Crippen molar-refractivity contribution in [1.29, 1.82) is 0 Å². The molecule has 0 aromatic heterocycles. The highest BCUT2D eigenvalue weighted by Gasteiger charge is 2.30. The lowest BCUT2D eigenvalue weighted by Crippen LogP contribution is -2.27. The number of hydrogen-bond acceptors (Lipinski definition) is 6. The standard InChI is InChI=1S/C24H27NO5/c1-15-19(28-14-21(26)30-24(2,3)4)12-11-18-22(27)20(29-23(15)18)13-16-7-9-17(10-8-16)25(5)6/h7-13H,14H2,1-6H3/b20-13-. The average molecular weight is 409 g/mol. The molecular weight excluding hydrogens is 382 g/mol. The number of hydrogen-bond donors (Lipinski definition) is 0. The van der Waals surface area contributed by atoms with Crippen molar-refractivity contribution in [3.8, 4) is 11.5 Å². The second-order valence-corrected chi connectivity index (χ2v) is 8.37. The van der Waals surface area contributed by atoms with Gasteiger partial charge >= 0.3 is 5.97 Å². The minimum Gasteiger partial charge on any atom is -0.481 e. The number of rotatable bonds is 5. The maximum absolute atomic E-state index is 12.7. The van der Waals surface area contributed by atoms with Crippen LogP contribution in [-0.2, 0) is 9.53 Å². The Morgan fingerprint density at radius 1 is 1.10 bits per heavy atom. The number of carbonyl (C=O) groups is 2. The lowest BCUT2D eigenvalue weighted by molar-refractivity contribution is -0.157. The van der Waals surface area contributed by atoms with Crippen LogP contribution in [0.2, 0.25) is 0 Å². The lowest BCUT2D eigenvalue weighted by Gasteiger charge is -2.19. The summed E-state index contributed by atoms with van der Waals surface area (Å²) in [6, 6.07) is 11.2. The molecule has 0 aliphatic carbocycles. The third-order valence-electron chi connectivity index (χ3n) is 4.51. The fraction of sp³-hybridized carbons (Fsp3) is 0.333. The van der Waals surface area contributed by atoms with E-state index in [4.69, 9.17) is 14.2 Å². The van der Waals surface area contributed by atoms with Crippen LogP contribution >= 0.6 is 0 Å². The molecule has 1 aliphatic heterocycles. The molecule has 0 amide bonds. The molecule has 0 atom stereocenters. The van der Waals surface area contributed by atoms with Gasteiger partial charge in [-0.2, -0.15) is 0 Å². The number of nitrogens with zero attached hydrogens (tertiary/aromatic N) is 1. The summed E-state index contributed by atoms with van der Waals surface area (Å²) in [5.74, 6) is 0.557. The molecule has 2 aromatic rings. The van der Waals surface area contributed by atoms with Gasteiger partial charge in [0.2, 0.25) is 5.78 Å². The number of Topliss-reactive ketones (excluding diaryl/α,β-unsaturated/α-hetero) is 1. The van der Waals surface area contributed by atoms with Gasteiger partial charge < -0.3 is 19.1 Å². The van der Waals surface area contributed by atoms with Crippen LogP contribution in [0.3, 0.4) is 0 Å². The minimum atomic E-state index is -0.576. The van der Waals surface area contributed by atoms with Crippen LogP contribution in [0, 0.1) is 6.92 Å². The van der Waals surface area contributed by atoms with Gasteiger partial charge in [-0.05, 0) is 63.6 Å². The first-order valence-corrected chi connectivity index (χ1v) is 9.75. The van der Waals surface area contributed by atoms with Gasteiger partial charge in [-0.3, -0.25) is 4.79 Å². The molecule has 0 N–H and O–H groups in total. The molecule has 0 saturated carbocycles. The maximum atomic E-state index is 12.7. The van der Waals surface area contributed by atoms with E-state index in [2.05, 4.69) is 0 Å². The van der Waals surface area contributed by atoms with E-state index in [1.807, 2.05) is 43.3 Å². The molecule has 1 heterocycles. The van der Waals surface area contributed by atoms with Crippen LogP contribution in [0.25, 0.3) is 6.08 Å². The third-order valence-corrected chi connectivity index (χ3v) is 4.51. The number of esters is 1. The Bertz CT molecular complexity index is 997. The molecule has 0 spiro atoms. The van der Waals surface area contributed by atoms with Gasteiger partial charge in [0.1, 0.15) is 17.1 Å². The summed E-state index contributed by atoms with van der Waals surface area (Å²) in [7, 11) is 3.94. The number of anilines is 1. The quantitative estimate of drug-likeness (QED) is 0.539. The van der Waals surface area contributed by atoms with Crippen LogP contribution in [0.1, 0.15) is 42.3 Å². The summed E-state index contributed by atoms with van der Waals surface area (Å²) in [6.07, 6.45) is 1.72. The van der Waals surface area contributed by atoms with E-state index in [1.165, 1.54) is 0 Å². The molecule has 158 valence electrons. The Labute approximate surface area is 177 Å². The summed E-state index contributed by atoms with van der Waals surface area (Å²) in [5, 5.41) is 0. The minimum absolute atomic E-state index is 0.177. The van der Waals surface area contributed by atoms with E-state index < -0.39 is 11.6 Å². The predicted molar refractivity (Wildman–Crippen MR) is 116 cm³/mol. The van der Waals surface area contributed by atoms with Gasteiger partial charge in [-0.25, -0.2) is 4.79 Å². The first-order valence-electron chi connectivity index (χ1n) is 9.75. The second-order valence-electron chi connectivity index (χ2n) is 8.37. The Hall–Kier alpha value is -3.28. The van der Waals surface area contributed by atoms with E-state index in [9.17, 15) is 9.59 Å². The van der Waals surface area contributed by atoms with Crippen molar-refractivity contribution < 1.29 is 23.8 Å². The average Bonchev–Trinajstić information content (AvgIpc) is 2.97. The third kappa shape index (κ3) is 4.82. The second kappa shape index (κ2) is 8.22. The van der Waals surface area contributed by atoms with Crippen LogP contribution in [0.4, 0.5) is 5.69 Å². The molecule has 3 rings (SSSR count). The topological polar surface area (TPSA) is 65.1 Å². The highest BCUT2D eigenvalue weighted by atomic mass is 16.6. The maximum Gasteiger partial charge on any atom is 0.344 e. The van der Waals surface area contributed by atoms with Crippen LogP contribution in [0.5, 0.6) is 11.5 Å². The molecule has 2 aromatic carbocycles. The van der Waals surface area contributed by atoms with Crippen molar-refractivity contribution in [2.24, 2.45) is 0 Å². The van der Waals surface area contributed by atoms with Gasteiger partial charge in [0.25, 0.3) is 0 Å². The first-order chi connectivity index (χ1) is 14.0. The SMILES string of the molecule is Cc1c(OCC(=O)OC(C)(C)C)ccc2c1O/C(=C\c1ccc(N(C)C)cc1)C2=O. The van der Waals surface area contributed by atoms with E-state index in [1.54, 1.807) is 45.9 Å². The van der Waals surface area contributed by atoms with Gasteiger partial charge in [0, 0.05) is 25.3 Å². The molecule has 30 heavy (non-hydrogen) atoms. The molecule has 6 heteroatoms. The molecule has 0 unspecified atom stereocenters. The van der Waals surface area contributed by atoms with E-state index in [0.29, 0.717) is 22.6 Å². The molecular formula is C24H27NO5. The molecule has 6 nitrogen and oxygen atoms in total. The summed E-state index contributed by atoms with van der Waals surface area (Å²) >= 11 is 0. The van der Waals surface area contributed by atoms with Gasteiger partial charge in [-0.1, -0.05) is 12.1 Å². The largest absolute Gasteiger partial charge is 0.481 e. The van der Waals surface area contributed by atoms with Crippen molar-refractivity contribution in [2.45, 2.75) is 33.3 Å². The Balaban J connectivity index is 1.76. The number of carbonyl (C=O) groups excluding carboxylic acids is 2.